The van der Waals surface area contributed by atoms with Crippen LogP contribution < -0.4 is 15.4 Å². The summed E-state index contributed by atoms with van der Waals surface area (Å²) < 4.78 is 47.6. The van der Waals surface area contributed by atoms with E-state index in [0.29, 0.717) is 23.7 Å². The maximum atomic E-state index is 13.2. The number of rotatable bonds is 10. The third-order valence-electron chi connectivity index (χ3n) is 4.81. The van der Waals surface area contributed by atoms with E-state index in [1.807, 2.05) is 30.3 Å². The molecule has 2 aromatic rings. The molecule has 4 N–H and O–H groups in total. The van der Waals surface area contributed by atoms with E-state index in [0.717, 1.165) is 11.1 Å². The molecule has 2 aromatic carbocycles. The first-order valence-corrected chi connectivity index (χ1v) is 11.1. The van der Waals surface area contributed by atoms with Crippen molar-refractivity contribution < 1.29 is 37.4 Å². The third-order valence-corrected chi connectivity index (χ3v) is 5.88. The van der Waals surface area contributed by atoms with Crippen LogP contribution in [0, 0.1) is 0 Å². The number of anilines is 2. The zero-order valence-electron chi connectivity index (χ0n) is 16.5. The van der Waals surface area contributed by atoms with Gasteiger partial charge in [0.25, 0.3) is 0 Å². The van der Waals surface area contributed by atoms with Crippen LogP contribution in [0.3, 0.4) is 0 Å². The van der Waals surface area contributed by atoms with E-state index in [-0.39, 0.29) is 25.5 Å². The number of ether oxygens (including phenoxy) is 2. The monoisotopic (exact) mass is 456 g/mol. The van der Waals surface area contributed by atoms with Gasteiger partial charge in [0.1, 0.15) is 12.4 Å². The summed E-state index contributed by atoms with van der Waals surface area (Å²) in [6.45, 7) is -0.202. The molecule has 168 valence electrons. The summed E-state index contributed by atoms with van der Waals surface area (Å²) in [5.74, 6) is 0.324. The van der Waals surface area contributed by atoms with Gasteiger partial charge in [0.2, 0.25) is 5.91 Å². The maximum Gasteiger partial charge on any atom is 0.394 e. The normalized spacial score (nSPS) is 14.1. The number of nitrogens with zero attached hydrogens (tertiary/aromatic N) is 1. The van der Waals surface area contributed by atoms with Crippen molar-refractivity contribution in [2.75, 3.05) is 30.5 Å². The Morgan fingerprint density at radius 3 is 2.52 bits per heavy atom. The van der Waals surface area contributed by atoms with Crippen LogP contribution >= 0.6 is 7.60 Å². The molecule has 1 heterocycles. The molecular formula is C20H23F2N2O6P. The summed E-state index contributed by atoms with van der Waals surface area (Å²) in [4.78, 5) is 31.3. The van der Waals surface area contributed by atoms with Crippen LogP contribution in [0.5, 0.6) is 5.75 Å². The Morgan fingerprint density at radius 2 is 1.84 bits per heavy atom. The first kappa shape index (κ1) is 23.1. The minimum absolute atomic E-state index is 0.00629. The fraction of sp³-hybridized carbons (Fsp3) is 0.350. The molecule has 31 heavy (non-hydrogen) atoms. The Labute approximate surface area is 177 Å². The van der Waals surface area contributed by atoms with Crippen molar-refractivity contribution >= 4 is 24.9 Å². The number of nitrogen functional groups attached to an aromatic ring is 1. The van der Waals surface area contributed by atoms with Gasteiger partial charge in [0.15, 0.2) is 0 Å². The Kier molecular flexibility index (Phi) is 6.96. The highest BCUT2D eigenvalue weighted by molar-refractivity contribution is 7.53. The summed E-state index contributed by atoms with van der Waals surface area (Å²) in [7, 11) is -5.51. The molecule has 0 unspecified atom stereocenters. The first-order valence-electron chi connectivity index (χ1n) is 9.49. The van der Waals surface area contributed by atoms with E-state index in [1.165, 1.54) is 0 Å². The molecule has 0 atom stereocenters. The Balaban J connectivity index is 1.56. The predicted octanol–water partition coefficient (Wildman–Crippen LogP) is 2.91. The minimum atomic E-state index is -5.51. The van der Waals surface area contributed by atoms with E-state index in [4.69, 9.17) is 25.0 Å². The number of carbonyl (C=O) groups excluding carboxylic acids is 1. The Hall–Kier alpha value is -2.52. The van der Waals surface area contributed by atoms with Crippen LogP contribution in [-0.4, -0.2) is 41.2 Å². The zero-order chi connectivity index (χ0) is 22.6. The van der Waals surface area contributed by atoms with Gasteiger partial charge in [-0.05, 0) is 5.56 Å². The Morgan fingerprint density at radius 1 is 1.13 bits per heavy atom. The molecule has 0 bridgehead atoms. The highest BCUT2D eigenvalue weighted by atomic mass is 31.2. The predicted molar refractivity (Wildman–Crippen MR) is 110 cm³/mol. The number of hydrogen-bond acceptors (Lipinski definition) is 5. The molecule has 3 rings (SSSR count). The second kappa shape index (κ2) is 9.32. The number of fused-ring (bicyclic) bond motifs is 1. The van der Waals surface area contributed by atoms with Crippen molar-refractivity contribution in [2.45, 2.75) is 25.1 Å². The lowest BCUT2D eigenvalue weighted by Gasteiger charge is -2.19. The lowest BCUT2D eigenvalue weighted by atomic mass is 10.1. The molecule has 0 aliphatic carbocycles. The summed E-state index contributed by atoms with van der Waals surface area (Å²) >= 11 is 0. The molecular weight excluding hydrogens is 433 g/mol. The SMILES string of the molecule is Nc1cc(OCCOCCC(F)(F)P(=O)(O)O)cc2c1CC(=O)N2Cc1ccccc1. The molecule has 8 nitrogen and oxygen atoms in total. The van der Waals surface area contributed by atoms with Crippen molar-refractivity contribution in [3.8, 4) is 5.75 Å². The molecule has 0 aromatic heterocycles. The van der Waals surface area contributed by atoms with Crippen molar-refractivity contribution in [3.63, 3.8) is 0 Å². The number of nitrogens with two attached hydrogens (primary N) is 1. The maximum absolute atomic E-state index is 13.2. The van der Waals surface area contributed by atoms with Crippen LogP contribution in [0.25, 0.3) is 0 Å². The first-order chi connectivity index (χ1) is 14.6. The molecule has 11 heteroatoms. The lowest BCUT2D eigenvalue weighted by molar-refractivity contribution is -0.117. The van der Waals surface area contributed by atoms with Gasteiger partial charge in [0.05, 0.1) is 31.9 Å². The molecule has 1 amide bonds. The summed E-state index contributed by atoms with van der Waals surface area (Å²) in [6.07, 6.45) is -0.898. The molecule has 0 fully saturated rings. The van der Waals surface area contributed by atoms with Gasteiger partial charge < -0.3 is 29.9 Å². The number of amides is 1. The van der Waals surface area contributed by atoms with Crippen LogP contribution in [0.1, 0.15) is 17.5 Å². The van der Waals surface area contributed by atoms with E-state index in [9.17, 15) is 18.1 Å². The number of carbonyl (C=O) groups is 1. The largest absolute Gasteiger partial charge is 0.491 e. The second-order valence-electron chi connectivity index (χ2n) is 7.07. The van der Waals surface area contributed by atoms with Gasteiger partial charge >= 0.3 is 13.3 Å². The van der Waals surface area contributed by atoms with Crippen LogP contribution in [0.2, 0.25) is 0 Å². The molecule has 1 aliphatic heterocycles. The summed E-state index contributed by atoms with van der Waals surface area (Å²) in [6, 6.07) is 12.8. The van der Waals surface area contributed by atoms with E-state index in [2.05, 4.69) is 0 Å². The smallest absolute Gasteiger partial charge is 0.394 e. The zero-order valence-corrected chi connectivity index (χ0v) is 17.4. The quantitative estimate of drug-likeness (QED) is 0.285. The van der Waals surface area contributed by atoms with Crippen molar-refractivity contribution in [3.05, 3.63) is 53.6 Å². The van der Waals surface area contributed by atoms with Crippen LogP contribution in [0.15, 0.2) is 42.5 Å². The van der Waals surface area contributed by atoms with E-state index >= 15 is 0 Å². The molecule has 0 radical (unpaired) electrons. The fourth-order valence-electron chi connectivity index (χ4n) is 3.15. The molecule has 1 aliphatic rings. The molecule has 0 saturated heterocycles. The van der Waals surface area contributed by atoms with Gasteiger partial charge in [-0.15, -0.1) is 0 Å². The van der Waals surface area contributed by atoms with Gasteiger partial charge in [-0.2, -0.15) is 8.78 Å². The van der Waals surface area contributed by atoms with Gasteiger partial charge in [-0.3, -0.25) is 9.36 Å². The minimum Gasteiger partial charge on any atom is -0.491 e. The average molecular weight is 456 g/mol. The van der Waals surface area contributed by atoms with Crippen molar-refractivity contribution in [1.29, 1.82) is 0 Å². The second-order valence-corrected chi connectivity index (χ2v) is 8.82. The van der Waals surface area contributed by atoms with Gasteiger partial charge in [0, 0.05) is 29.8 Å². The number of hydrogen-bond donors (Lipinski definition) is 3. The van der Waals surface area contributed by atoms with Crippen LogP contribution in [-0.2, 0) is 27.1 Å². The van der Waals surface area contributed by atoms with Gasteiger partial charge in [-0.25, -0.2) is 0 Å². The summed E-state index contributed by atoms with van der Waals surface area (Å²) in [5.41, 5.74) is 4.72. The highest BCUT2D eigenvalue weighted by Gasteiger charge is 2.48. The summed E-state index contributed by atoms with van der Waals surface area (Å²) in [5, 5.41) is 0. The number of benzene rings is 2. The topological polar surface area (TPSA) is 122 Å². The van der Waals surface area contributed by atoms with Crippen molar-refractivity contribution in [2.24, 2.45) is 0 Å². The number of alkyl halides is 2. The standard InChI is InChI=1S/C20H23F2N2O6P/c21-20(22,31(26,27)28)6-7-29-8-9-30-15-10-17(23)16-12-19(25)24(18(16)11-15)13-14-4-2-1-3-5-14/h1-5,10-11H,6-9,12-13,23H2,(H2,26,27,28). The third kappa shape index (κ3) is 5.59. The van der Waals surface area contributed by atoms with E-state index in [1.54, 1.807) is 17.0 Å². The van der Waals surface area contributed by atoms with Crippen molar-refractivity contribution in [1.82, 2.24) is 0 Å². The number of halogens is 2. The Bertz CT molecular complexity index is 983. The molecule has 0 saturated carbocycles. The average Bonchev–Trinajstić information content (AvgIpc) is 3.01. The highest BCUT2D eigenvalue weighted by Crippen LogP contribution is 2.54. The van der Waals surface area contributed by atoms with Gasteiger partial charge in [-0.1, -0.05) is 30.3 Å². The fourth-order valence-corrected chi connectivity index (χ4v) is 3.53. The van der Waals surface area contributed by atoms with E-state index < -0.39 is 26.3 Å². The lowest BCUT2D eigenvalue weighted by Crippen LogP contribution is -2.26. The molecule has 0 spiro atoms. The van der Waals surface area contributed by atoms with Crippen LogP contribution in [0.4, 0.5) is 20.2 Å².